The molecule has 1 aromatic carbocycles. The number of ether oxygens (including phenoxy) is 1. The Hall–Kier alpha value is -1.31. The minimum absolute atomic E-state index is 0.00694. The maximum atomic E-state index is 11.3. The molecule has 0 spiro atoms. The van der Waals surface area contributed by atoms with Gasteiger partial charge in [0.15, 0.2) is 0 Å². The second-order valence-corrected chi connectivity index (χ2v) is 6.65. The van der Waals surface area contributed by atoms with Gasteiger partial charge >= 0.3 is 0 Å². The highest BCUT2D eigenvalue weighted by atomic mass is 32.2. The molecule has 1 aliphatic heterocycles. The lowest BCUT2D eigenvalue weighted by atomic mass is 10.0. The second-order valence-electron chi connectivity index (χ2n) is 5.09. The van der Waals surface area contributed by atoms with E-state index >= 15 is 0 Å². The van der Waals surface area contributed by atoms with Gasteiger partial charge in [-0.15, -0.1) is 0 Å². The van der Waals surface area contributed by atoms with Crippen LogP contribution >= 0.6 is 0 Å². The number of nitrogens with two attached hydrogens (primary N) is 2. The Labute approximate surface area is 113 Å². The van der Waals surface area contributed by atoms with Gasteiger partial charge < -0.3 is 15.8 Å². The van der Waals surface area contributed by atoms with Crippen molar-refractivity contribution in [3.63, 3.8) is 0 Å². The topological polar surface area (TPSA) is 107 Å². The number of sulfonamides is 1. The zero-order valence-electron chi connectivity index (χ0n) is 10.8. The normalized spacial score (nSPS) is 23.5. The molecule has 0 amide bonds. The van der Waals surface area contributed by atoms with E-state index in [-0.39, 0.29) is 10.5 Å². The molecular formula is C12H19N3O3S. The van der Waals surface area contributed by atoms with Gasteiger partial charge in [0.25, 0.3) is 0 Å². The van der Waals surface area contributed by atoms with Crippen LogP contribution in [-0.2, 0) is 14.8 Å². The van der Waals surface area contributed by atoms with E-state index in [0.717, 1.165) is 19.4 Å². The number of anilines is 2. The fourth-order valence-electron chi connectivity index (χ4n) is 2.15. The lowest BCUT2D eigenvalue weighted by molar-refractivity contribution is 0.0315. The third-order valence-electron chi connectivity index (χ3n) is 3.22. The Balaban J connectivity index is 2.14. The largest absolute Gasteiger partial charge is 0.399 e. The average molecular weight is 285 g/mol. The SMILES string of the molecule is CC1(CNc2cc(N)cc(S(N)(=O)=O)c2)CCCO1. The van der Waals surface area contributed by atoms with E-state index in [1.165, 1.54) is 12.1 Å². The summed E-state index contributed by atoms with van der Waals surface area (Å²) in [6.45, 7) is 3.39. The van der Waals surface area contributed by atoms with Crippen molar-refractivity contribution < 1.29 is 13.2 Å². The molecule has 1 aliphatic rings. The molecule has 1 heterocycles. The summed E-state index contributed by atoms with van der Waals surface area (Å²) < 4.78 is 28.3. The maximum absolute atomic E-state index is 11.3. The molecule has 0 radical (unpaired) electrons. The van der Waals surface area contributed by atoms with Crippen LogP contribution in [0.25, 0.3) is 0 Å². The number of primary sulfonamides is 1. The van der Waals surface area contributed by atoms with E-state index in [9.17, 15) is 8.42 Å². The third kappa shape index (κ3) is 3.59. The van der Waals surface area contributed by atoms with E-state index in [0.29, 0.717) is 17.9 Å². The van der Waals surface area contributed by atoms with Crippen LogP contribution in [0.2, 0.25) is 0 Å². The first-order valence-corrected chi connectivity index (χ1v) is 7.64. The summed E-state index contributed by atoms with van der Waals surface area (Å²) in [6.07, 6.45) is 2.02. The molecule has 7 heteroatoms. The second kappa shape index (κ2) is 4.99. The Kier molecular flexibility index (Phi) is 3.71. The van der Waals surface area contributed by atoms with Gasteiger partial charge in [0.1, 0.15) is 0 Å². The average Bonchev–Trinajstić information content (AvgIpc) is 2.72. The Morgan fingerprint density at radius 1 is 1.42 bits per heavy atom. The molecule has 1 unspecified atom stereocenters. The van der Waals surface area contributed by atoms with Crippen molar-refractivity contribution in [3.05, 3.63) is 18.2 Å². The molecule has 1 saturated heterocycles. The predicted molar refractivity (Wildman–Crippen MR) is 74.3 cm³/mol. The monoisotopic (exact) mass is 285 g/mol. The van der Waals surface area contributed by atoms with Crippen molar-refractivity contribution in [2.45, 2.75) is 30.3 Å². The first-order valence-electron chi connectivity index (χ1n) is 6.10. The zero-order chi connectivity index (χ0) is 14.1. The molecule has 0 saturated carbocycles. The van der Waals surface area contributed by atoms with Crippen LogP contribution in [0.5, 0.6) is 0 Å². The van der Waals surface area contributed by atoms with Crippen LogP contribution in [0.15, 0.2) is 23.1 Å². The van der Waals surface area contributed by atoms with Gasteiger partial charge in [-0.1, -0.05) is 0 Å². The van der Waals surface area contributed by atoms with Crippen LogP contribution in [0.4, 0.5) is 11.4 Å². The van der Waals surface area contributed by atoms with Crippen molar-refractivity contribution in [1.82, 2.24) is 0 Å². The summed E-state index contributed by atoms with van der Waals surface area (Å²) in [5.74, 6) is 0. The van der Waals surface area contributed by atoms with E-state index in [1.807, 2.05) is 6.92 Å². The van der Waals surface area contributed by atoms with Gasteiger partial charge in [0.05, 0.1) is 10.5 Å². The number of benzene rings is 1. The highest BCUT2D eigenvalue weighted by Crippen LogP contribution is 2.26. The minimum Gasteiger partial charge on any atom is -0.399 e. The highest BCUT2D eigenvalue weighted by Gasteiger charge is 2.29. The molecule has 1 aromatic rings. The lowest BCUT2D eigenvalue weighted by Crippen LogP contribution is -2.32. The third-order valence-corrected chi connectivity index (χ3v) is 4.12. The summed E-state index contributed by atoms with van der Waals surface area (Å²) in [4.78, 5) is 0.00694. The molecule has 5 N–H and O–H groups in total. The fourth-order valence-corrected chi connectivity index (χ4v) is 2.75. The number of nitrogens with one attached hydrogen (secondary N) is 1. The highest BCUT2D eigenvalue weighted by molar-refractivity contribution is 7.89. The van der Waals surface area contributed by atoms with Gasteiger partial charge in [0, 0.05) is 24.5 Å². The quantitative estimate of drug-likeness (QED) is 0.712. The molecule has 0 aromatic heterocycles. The van der Waals surface area contributed by atoms with Crippen LogP contribution in [0, 0.1) is 0 Å². The van der Waals surface area contributed by atoms with Gasteiger partial charge in [-0.3, -0.25) is 0 Å². The molecule has 1 atom stereocenters. The van der Waals surface area contributed by atoms with Crippen LogP contribution in [0.3, 0.4) is 0 Å². The number of rotatable bonds is 4. The molecular weight excluding hydrogens is 266 g/mol. The smallest absolute Gasteiger partial charge is 0.238 e. The first kappa shape index (κ1) is 14.1. The van der Waals surface area contributed by atoms with E-state index < -0.39 is 10.0 Å². The van der Waals surface area contributed by atoms with Crippen LogP contribution < -0.4 is 16.2 Å². The van der Waals surface area contributed by atoms with E-state index in [1.54, 1.807) is 6.07 Å². The molecule has 0 bridgehead atoms. The first-order chi connectivity index (χ1) is 8.78. The Bertz CT molecular complexity index is 566. The number of hydrogen-bond donors (Lipinski definition) is 3. The Morgan fingerprint density at radius 3 is 2.74 bits per heavy atom. The number of hydrogen-bond acceptors (Lipinski definition) is 5. The van der Waals surface area contributed by atoms with Gasteiger partial charge in [-0.25, -0.2) is 13.6 Å². The van der Waals surface area contributed by atoms with Crippen molar-refractivity contribution in [2.24, 2.45) is 5.14 Å². The minimum atomic E-state index is -3.75. The lowest BCUT2D eigenvalue weighted by Gasteiger charge is -2.24. The van der Waals surface area contributed by atoms with Crippen LogP contribution in [0.1, 0.15) is 19.8 Å². The van der Waals surface area contributed by atoms with E-state index in [2.05, 4.69) is 5.32 Å². The molecule has 6 nitrogen and oxygen atoms in total. The fraction of sp³-hybridized carbons (Fsp3) is 0.500. The van der Waals surface area contributed by atoms with Crippen LogP contribution in [-0.4, -0.2) is 27.2 Å². The summed E-state index contributed by atoms with van der Waals surface area (Å²) >= 11 is 0. The van der Waals surface area contributed by atoms with Crippen molar-refractivity contribution >= 4 is 21.4 Å². The molecule has 19 heavy (non-hydrogen) atoms. The summed E-state index contributed by atoms with van der Waals surface area (Å²) in [5.41, 5.74) is 6.44. The summed E-state index contributed by atoms with van der Waals surface area (Å²) in [7, 11) is -3.75. The predicted octanol–water partition coefficient (Wildman–Crippen LogP) is 0.897. The Morgan fingerprint density at radius 2 is 2.16 bits per heavy atom. The zero-order valence-corrected chi connectivity index (χ0v) is 11.7. The molecule has 2 rings (SSSR count). The van der Waals surface area contributed by atoms with E-state index in [4.69, 9.17) is 15.6 Å². The standard InChI is InChI=1S/C12H19N3O3S/c1-12(3-2-4-18-12)8-15-10-5-9(13)6-11(7-10)19(14,16)17/h5-7,15H,2-4,8,13H2,1H3,(H2,14,16,17). The van der Waals surface area contributed by atoms with Crippen molar-refractivity contribution in [1.29, 1.82) is 0 Å². The number of nitrogen functional groups attached to an aromatic ring is 1. The molecule has 0 aliphatic carbocycles. The maximum Gasteiger partial charge on any atom is 0.238 e. The summed E-state index contributed by atoms with van der Waals surface area (Å²) in [6, 6.07) is 4.49. The van der Waals surface area contributed by atoms with Crippen molar-refractivity contribution in [3.8, 4) is 0 Å². The van der Waals surface area contributed by atoms with Gasteiger partial charge in [-0.05, 0) is 38.0 Å². The van der Waals surface area contributed by atoms with Crippen molar-refractivity contribution in [2.75, 3.05) is 24.2 Å². The molecule has 106 valence electrons. The summed E-state index contributed by atoms with van der Waals surface area (Å²) in [5, 5.41) is 8.26. The van der Waals surface area contributed by atoms with Gasteiger partial charge in [0.2, 0.25) is 10.0 Å². The molecule has 1 fully saturated rings. The van der Waals surface area contributed by atoms with Gasteiger partial charge in [-0.2, -0.15) is 0 Å².